The lowest BCUT2D eigenvalue weighted by molar-refractivity contribution is -0.899. The Morgan fingerprint density at radius 1 is 1.14 bits per heavy atom. The topological polar surface area (TPSA) is 67.8 Å². The van der Waals surface area contributed by atoms with Crippen LogP contribution in [0, 0.1) is 26.0 Å². The summed E-state index contributed by atoms with van der Waals surface area (Å²) in [6, 6.07) is 5.37. The third kappa shape index (κ3) is 2.25. The Bertz CT molecular complexity index is 1030. The molecule has 0 aliphatic carbocycles. The van der Waals surface area contributed by atoms with Gasteiger partial charge in [-0.25, -0.2) is 4.79 Å². The van der Waals surface area contributed by atoms with Crippen LogP contribution in [0.15, 0.2) is 18.2 Å². The maximum atomic E-state index is 13.6. The molecule has 28 heavy (non-hydrogen) atoms. The molecule has 0 fully saturated rings. The predicted molar refractivity (Wildman–Crippen MR) is 102 cm³/mol. The molecule has 3 aliphatic heterocycles. The highest BCUT2D eigenvalue weighted by molar-refractivity contribution is 5.96. The number of benzene rings is 2. The highest BCUT2D eigenvalue weighted by Crippen LogP contribution is 2.52. The van der Waals surface area contributed by atoms with Crippen LogP contribution in [-0.4, -0.2) is 31.0 Å². The molecular formula is C22H23NO5. The van der Waals surface area contributed by atoms with Gasteiger partial charge in [0, 0.05) is 23.1 Å². The molecule has 6 heteroatoms. The monoisotopic (exact) mass is 381 g/mol. The third-order valence-corrected chi connectivity index (χ3v) is 6.55. The van der Waals surface area contributed by atoms with Crippen molar-refractivity contribution in [3.8, 4) is 11.5 Å². The number of quaternary nitrogens is 1. The smallest absolute Gasteiger partial charge is 0.339 e. The number of aryl methyl sites for hydroxylation is 1. The summed E-state index contributed by atoms with van der Waals surface area (Å²) >= 11 is 0. The van der Waals surface area contributed by atoms with Crippen molar-refractivity contribution in [1.29, 1.82) is 0 Å². The Labute approximate surface area is 163 Å². The summed E-state index contributed by atoms with van der Waals surface area (Å²) < 4.78 is 16.6. The van der Waals surface area contributed by atoms with Crippen LogP contribution >= 0.6 is 0 Å². The van der Waals surface area contributed by atoms with Crippen LogP contribution in [0.2, 0.25) is 0 Å². The van der Waals surface area contributed by atoms with Gasteiger partial charge in [0.15, 0.2) is 23.6 Å². The maximum Gasteiger partial charge on any atom is 0.339 e. The number of fused-ring (bicyclic) bond motifs is 3. The van der Waals surface area contributed by atoms with Gasteiger partial charge >= 0.3 is 5.97 Å². The lowest BCUT2D eigenvalue weighted by Gasteiger charge is -2.51. The number of hydrogen-bond acceptors (Lipinski definition) is 5. The number of nitrogens with zero attached hydrogens (tertiary/aromatic N) is 1. The van der Waals surface area contributed by atoms with Gasteiger partial charge < -0.3 is 24.1 Å². The first kappa shape index (κ1) is 17.5. The van der Waals surface area contributed by atoms with Crippen LogP contribution in [0.3, 0.4) is 0 Å². The predicted octanol–water partition coefficient (Wildman–Crippen LogP) is 3.79. The molecule has 146 valence electrons. The van der Waals surface area contributed by atoms with Crippen molar-refractivity contribution in [1.82, 2.24) is 0 Å². The van der Waals surface area contributed by atoms with Gasteiger partial charge in [-0.3, -0.25) is 0 Å². The maximum absolute atomic E-state index is 13.6. The van der Waals surface area contributed by atoms with Crippen molar-refractivity contribution in [2.75, 3.05) is 20.4 Å². The molecule has 0 aromatic heterocycles. The molecule has 6 nitrogen and oxygen atoms in total. The van der Waals surface area contributed by atoms with E-state index in [1.54, 1.807) is 7.05 Å². The molecule has 0 saturated carbocycles. The number of hydroxylamine groups is 3. The molecule has 3 heterocycles. The largest absolute Gasteiger partial charge is 0.632 e. The van der Waals surface area contributed by atoms with E-state index in [-0.39, 0.29) is 12.8 Å². The Hall–Kier alpha value is -2.57. The Morgan fingerprint density at radius 3 is 2.71 bits per heavy atom. The second-order valence-electron chi connectivity index (χ2n) is 8.20. The molecule has 1 unspecified atom stereocenters. The average Bonchev–Trinajstić information content (AvgIpc) is 3.23. The molecular weight excluding hydrogens is 358 g/mol. The number of esters is 1. The van der Waals surface area contributed by atoms with Crippen LogP contribution in [0.4, 0.5) is 0 Å². The number of likely N-dealkylation sites (N-methyl/N-ethyl adjacent to an activating group) is 1. The molecule has 0 bridgehead atoms. The molecule has 0 radical (unpaired) electrons. The molecule has 3 aliphatic rings. The Balaban J connectivity index is 1.72. The quantitative estimate of drug-likeness (QED) is 0.427. The van der Waals surface area contributed by atoms with E-state index in [1.807, 2.05) is 39.0 Å². The first-order valence-electron chi connectivity index (χ1n) is 9.59. The zero-order valence-corrected chi connectivity index (χ0v) is 16.5. The highest BCUT2D eigenvalue weighted by atomic mass is 16.7. The number of carbonyl (C=O) groups is 1. The molecule has 3 atom stereocenters. The average molecular weight is 381 g/mol. The molecule has 0 saturated heterocycles. The van der Waals surface area contributed by atoms with Crippen molar-refractivity contribution in [2.24, 2.45) is 0 Å². The van der Waals surface area contributed by atoms with Gasteiger partial charge in [0.25, 0.3) is 0 Å². The minimum atomic E-state index is -0.609. The second kappa shape index (κ2) is 5.72. The van der Waals surface area contributed by atoms with E-state index in [0.29, 0.717) is 24.3 Å². The molecule has 0 spiro atoms. The van der Waals surface area contributed by atoms with E-state index in [2.05, 4.69) is 0 Å². The van der Waals surface area contributed by atoms with Gasteiger partial charge in [0.2, 0.25) is 6.79 Å². The zero-order chi connectivity index (χ0) is 19.8. The van der Waals surface area contributed by atoms with E-state index in [1.165, 1.54) is 0 Å². The Kier molecular flexibility index (Phi) is 3.58. The molecule has 5 rings (SSSR count). The summed E-state index contributed by atoms with van der Waals surface area (Å²) in [4.78, 5) is 12.7. The van der Waals surface area contributed by atoms with E-state index >= 15 is 0 Å². The summed E-state index contributed by atoms with van der Waals surface area (Å²) in [5.41, 5.74) is 6.29. The van der Waals surface area contributed by atoms with Crippen LogP contribution in [-0.2, 0) is 11.2 Å². The second-order valence-corrected chi connectivity index (χ2v) is 8.20. The fourth-order valence-corrected chi connectivity index (χ4v) is 4.92. The Morgan fingerprint density at radius 2 is 1.93 bits per heavy atom. The summed E-state index contributed by atoms with van der Waals surface area (Å²) in [6.45, 7) is 6.48. The number of ether oxygens (including phenoxy) is 3. The fourth-order valence-electron chi connectivity index (χ4n) is 4.92. The lowest BCUT2D eigenvalue weighted by atomic mass is 9.82. The lowest BCUT2D eigenvalue weighted by Crippen LogP contribution is -2.49. The van der Waals surface area contributed by atoms with Crippen molar-refractivity contribution in [3.05, 3.63) is 62.4 Å². The minimum Gasteiger partial charge on any atom is -0.632 e. The van der Waals surface area contributed by atoms with Gasteiger partial charge in [0.1, 0.15) is 0 Å². The van der Waals surface area contributed by atoms with E-state index in [0.717, 1.165) is 39.1 Å². The van der Waals surface area contributed by atoms with Crippen molar-refractivity contribution in [2.45, 2.75) is 39.3 Å². The van der Waals surface area contributed by atoms with Crippen molar-refractivity contribution in [3.63, 3.8) is 0 Å². The van der Waals surface area contributed by atoms with E-state index in [4.69, 9.17) is 14.2 Å². The number of carbonyl (C=O) groups excluding carboxylic acids is 1. The van der Waals surface area contributed by atoms with E-state index < -0.39 is 16.8 Å². The first-order valence-corrected chi connectivity index (χ1v) is 9.59. The van der Waals surface area contributed by atoms with Crippen LogP contribution in [0.5, 0.6) is 11.5 Å². The van der Waals surface area contributed by atoms with Crippen molar-refractivity contribution >= 4 is 5.97 Å². The standard InChI is InChI=1S/C22H23NO5/c1-11-5-6-15-18(12(11)2)22(24)28-21(15)19-17-13(3)20-16(26-10-27-20)9-14(17)7-8-23(19,4)25/h5-6,9,19,21H,7-8,10H2,1-4H3/t19-,21+,23?/m1/s1. The van der Waals surface area contributed by atoms with Gasteiger partial charge in [-0.2, -0.15) is 0 Å². The summed E-state index contributed by atoms with van der Waals surface area (Å²) in [6.07, 6.45) is 0.0476. The SMILES string of the molecule is Cc1ccc2c(c1C)C(=O)O[C@@H]2[C@H]1c2c(cc3c(c2C)OCO3)CC[N+]1(C)[O-]. The van der Waals surface area contributed by atoms with E-state index in [9.17, 15) is 10.0 Å². The summed E-state index contributed by atoms with van der Waals surface area (Å²) in [5.74, 6) is 1.08. The molecule has 2 aromatic rings. The molecule has 2 aromatic carbocycles. The molecule has 0 amide bonds. The number of hydrogen-bond donors (Lipinski definition) is 0. The zero-order valence-electron chi connectivity index (χ0n) is 16.5. The van der Waals surface area contributed by atoms with Gasteiger partial charge in [0.05, 0.1) is 19.2 Å². The normalized spacial score (nSPS) is 27.4. The third-order valence-electron chi connectivity index (χ3n) is 6.55. The summed E-state index contributed by atoms with van der Waals surface area (Å²) in [7, 11) is 1.67. The van der Waals surface area contributed by atoms with Crippen LogP contribution in [0.25, 0.3) is 0 Å². The fraction of sp³-hybridized carbons (Fsp3) is 0.409. The van der Waals surface area contributed by atoms with Gasteiger partial charge in [-0.05, 0) is 43.5 Å². The van der Waals surface area contributed by atoms with Crippen LogP contribution < -0.4 is 9.47 Å². The van der Waals surface area contributed by atoms with Gasteiger partial charge in [-0.15, -0.1) is 0 Å². The first-order chi connectivity index (χ1) is 13.3. The number of rotatable bonds is 1. The van der Waals surface area contributed by atoms with Gasteiger partial charge in [-0.1, -0.05) is 12.1 Å². The molecule has 0 N–H and O–H groups in total. The minimum absolute atomic E-state index is 0.187. The number of cyclic esters (lactones) is 1. The highest BCUT2D eigenvalue weighted by Gasteiger charge is 2.48. The van der Waals surface area contributed by atoms with Crippen LogP contribution in [0.1, 0.15) is 55.9 Å². The van der Waals surface area contributed by atoms with Crippen molar-refractivity contribution < 1.29 is 23.7 Å². The summed E-state index contributed by atoms with van der Waals surface area (Å²) in [5, 5.41) is 13.6.